The second-order valence-electron chi connectivity index (χ2n) is 10.3. The number of likely N-dealkylation sites (tertiary alicyclic amines) is 1. The van der Waals surface area contributed by atoms with Crippen molar-refractivity contribution in [1.29, 1.82) is 0 Å². The van der Waals surface area contributed by atoms with Crippen molar-refractivity contribution in [2.75, 3.05) is 27.2 Å². The van der Waals surface area contributed by atoms with Gasteiger partial charge in [0.15, 0.2) is 0 Å². The van der Waals surface area contributed by atoms with Gasteiger partial charge < -0.3 is 24.6 Å². The van der Waals surface area contributed by atoms with Gasteiger partial charge >= 0.3 is 24.3 Å². The lowest BCUT2D eigenvalue weighted by atomic mass is 9.72. The highest BCUT2D eigenvalue weighted by molar-refractivity contribution is 5.77. The van der Waals surface area contributed by atoms with E-state index in [4.69, 9.17) is 24.2 Å². The van der Waals surface area contributed by atoms with Gasteiger partial charge in [0, 0.05) is 17.3 Å². The Morgan fingerprint density at radius 2 is 1.50 bits per heavy atom. The van der Waals surface area contributed by atoms with E-state index in [2.05, 4.69) is 66.4 Å². The molecule has 2 aliphatic rings. The van der Waals surface area contributed by atoms with Crippen molar-refractivity contribution >= 4 is 22.9 Å². The zero-order valence-electron chi connectivity index (χ0n) is 22.6. The van der Waals surface area contributed by atoms with Gasteiger partial charge in [-0.25, -0.2) is 9.59 Å². The third-order valence-electron chi connectivity index (χ3n) is 7.39. The van der Waals surface area contributed by atoms with E-state index in [-0.39, 0.29) is 17.6 Å². The lowest BCUT2D eigenvalue weighted by molar-refractivity contribution is -0.193. The summed E-state index contributed by atoms with van der Waals surface area (Å²) in [5, 5.41) is 26.8. The number of piperidine rings is 1. The van der Waals surface area contributed by atoms with E-state index in [0.717, 1.165) is 38.1 Å². The topological polar surface area (TPSA) is 114 Å². The number of halogens is 6. The number of likely N-dealkylation sites (N-methyl/N-ethyl adjacent to an activating group) is 1. The van der Waals surface area contributed by atoms with E-state index >= 15 is 0 Å². The van der Waals surface area contributed by atoms with Crippen molar-refractivity contribution in [3.8, 4) is 0 Å². The molecule has 0 radical (unpaired) electrons. The highest BCUT2D eigenvalue weighted by atomic mass is 19.4. The van der Waals surface area contributed by atoms with Crippen LogP contribution < -0.4 is 0 Å². The Hall–Kier alpha value is -3.62. The molecule has 230 valence electrons. The van der Waals surface area contributed by atoms with Crippen molar-refractivity contribution in [3.05, 3.63) is 71.5 Å². The first-order chi connectivity index (χ1) is 19.5. The molecule has 2 atom stereocenters. The van der Waals surface area contributed by atoms with Crippen LogP contribution in [0.3, 0.4) is 0 Å². The summed E-state index contributed by atoms with van der Waals surface area (Å²) >= 11 is 0. The summed E-state index contributed by atoms with van der Waals surface area (Å²) in [6.07, 6.45) is -6.75. The SMILES string of the molecule is CN(C)[C@@H]1c2ccccc2C2(CCN(Cc3ccc4occc4c3)CC2)[C@H]1O.O=C(O)C(F)(F)F.O=C(O)C(F)(F)F. The maximum absolute atomic E-state index is 11.4. The van der Waals surface area contributed by atoms with Crippen LogP contribution in [0.4, 0.5) is 26.3 Å². The van der Waals surface area contributed by atoms with E-state index in [1.165, 1.54) is 22.1 Å². The number of furan rings is 1. The van der Waals surface area contributed by atoms with Crippen LogP contribution in [-0.4, -0.2) is 82.7 Å². The van der Waals surface area contributed by atoms with Gasteiger partial charge in [-0.3, -0.25) is 4.90 Å². The van der Waals surface area contributed by atoms with Gasteiger partial charge in [0.1, 0.15) is 5.58 Å². The summed E-state index contributed by atoms with van der Waals surface area (Å²) < 4.78 is 68.9. The highest BCUT2D eigenvalue weighted by Gasteiger charge is 2.53. The number of fused-ring (bicyclic) bond motifs is 3. The minimum atomic E-state index is -5.08. The van der Waals surface area contributed by atoms with Crippen LogP contribution in [0.1, 0.15) is 35.6 Å². The summed E-state index contributed by atoms with van der Waals surface area (Å²) in [4.78, 5) is 22.5. The van der Waals surface area contributed by atoms with E-state index in [9.17, 15) is 31.4 Å². The average Bonchev–Trinajstić information content (AvgIpc) is 3.46. The van der Waals surface area contributed by atoms with E-state index in [1.807, 2.05) is 6.07 Å². The van der Waals surface area contributed by atoms with E-state index in [1.54, 1.807) is 6.26 Å². The predicted octanol–water partition coefficient (Wildman–Crippen LogP) is 5.21. The molecular formula is C28H30F6N2O6. The van der Waals surface area contributed by atoms with Gasteiger partial charge in [0.25, 0.3) is 0 Å². The highest BCUT2D eigenvalue weighted by Crippen LogP contribution is 2.52. The number of nitrogens with zero attached hydrogens (tertiary/aromatic N) is 2. The largest absolute Gasteiger partial charge is 0.490 e. The van der Waals surface area contributed by atoms with Crippen molar-refractivity contribution in [3.63, 3.8) is 0 Å². The molecule has 1 spiro atoms. The van der Waals surface area contributed by atoms with Gasteiger partial charge in [-0.2, -0.15) is 26.3 Å². The van der Waals surface area contributed by atoms with Crippen molar-refractivity contribution in [1.82, 2.24) is 9.80 Å². The number of aliphatic hydroxyl groups is 1. The molecule has 1 aromatic heterocycles. The molecule has 14 heteroatoms. The monoisotopic (exact) mass is 604 g/mol. The number of rotatable bonds is 3. The van der Waals surface area contributed by atoms with Gasteiger partial charge in [0.05, 0.1) is 18.4 Å². The smallest absolute Gasteiger partial charge is 0.475 e. The second kappa shape index (κ2) is 12.7. The summed E-state index contributed by atoms with van der Waals surface area (Å²) in [6.45, 7) is 2.97. The number of carboxylic acid groups (broad SMARTS) is 2. The van der Waals surface area contributed by atoms with Crippen molar-refractivity contribution in [2.45, 2.75) is 49.3 Å². The first-order valence-corrected chi connectivity index (χ1v) is 12.7. The average molecular weight is 605 g/mol. The fourth-order valence-electron chi connectivity index (χ4n) is 5.45. The van der Waals surface area contributed by atoms with Crippen LogP contribution in [0.15, 0.2) is 59.2 Å². The summed E-state index contributed by atoms with van der Waals surface area (Å²) in [5.41, 5.74) is 4.82. The van der Waals surface area contributed by atoms with Crippen LogP contribution in [-0.2, 0) is 21.5 Å². The van der Waals surface area contributed by atoms with E-state index < -0.39 is 24.3 Å². The number of hydrogen-bond acceptors (Lipinski definition) is 6. The first-order valence-electron chi connectivity index (χ1n) is 12.7. The zero-order valence-corrected chi connectivity index (χ0v) is 22.6. The lowest BCUT2D eigenvalue weighted by Gasteiger charge is -2.43. The van der Waals surface area contributed by atoms with Crippen molar-refractivity contribution < 1.29 is 55.7 Å². The number of alkyl halides is 6. The maximum atomic E-state index is 11.4. The predicted molar refractivity (Wildman–Crippen MR) is 139 cm³/mol. The third kappa shape index (κ3) is 7.41. The zero-order chi connectivity index (χ0) is 31.5. The number of aliphatic hydroxyl groups excluding tert-OH is 1. The van der Waals surface area contributed by atoms with Gasteiger partial charge in [-0.15, -0.1) is 0 Å². The van der Waals surface area contributed by atoms with Crippen LogP contribution in [0.5, 0.6) is 0 Å². The Morgan fingerprint density at radius 1 is 0.952 bits per heavy atom. The normalized spacial score (nSPS) is 20.0. The van der Waals surface area contributed by atoms with Gasteiger partial charge in [-0.1, -0.05) is 30.3 Å². The van der Waals surface area contributed by atoms with Gasteiger partial charge in [-0.05, 0) is 74.9 Å². The number of carboxylic acids is 2. The van der Waals surface area contributed by atoms with E-state index in [0.29, 0.717) is 0 Å². The minimum Gasteiger partial charge on any atom is -0.475 e. The third-order valence-corrected chi connectivity index (χ3v) is 7.39. The molecule has 5 rings (SSSR count). The molecule has 1 fully saturated rings. The molecule has 8 nitrogen and oxygen atoms in total. The molecular weight excluding hydrogens is 574 g/mol. The molecule has 0 unspecified atom stereocenters. The molecule has 2 aromatic carbocycles. The molecule has 3 N–H and O–H groups in total. The number of aliphatic carboxylic acids is 2. The van der Waals surface area contributed by atoms with Crippen LogP contribution in [0.25, 0.3) is 11.0 Å². The Bertz CT molecular complexity index is 1350. The maximum Gasteiger partial charge on any atom is 0.490 e. The van der Waals surface area contributed by atoms with Crippen molar-refractivity contribution in [2.24, 2.45) is 0 Å². The van der Waals surface area contributed by atoms with Crippen LogP contribution >= 0.6 is 0 Å². The van der Waals surface area contributed by atoms with Gasteiger partial charge in [0.2, 0.25) is 0 Å². The molecule has 42 heavy (non-hydrogen) atoms. The number of carbonyl (C=O) groups is 2. The van der Waals surface area contributed by atoms with Crippen LogP contribution in [0, 0.1) is 0 Å². The number of hydrogen-bond donors (Lipinski definition) is 3. The molecule has 0 amide bonds. The summed E-state index contributed by atoms with van der Waals surface area (Å²) in [5.74, 6) is -5.51. The Morgan fingerprint density at radius 3 is 2.02 bits per heavy atom. The Kier molecular flexibility index (Phi) is 9.96. The van der Waals surface area contributed by atoms with Crippen LogP contribution in [0.2, 0.25) is 0 Å². The fourth-order valence-corrected chi connectivity index (χ4v) is 5.45. The molecule has 2 heterocycles. The molecule has 1 aliphatic carbocycles. The number of benzene rings is 2. The molecule has 3 aromatic rings. The standard InChI is InChI=1S/C24H28N2O2.2C2HF3O2/c1-25(2)22-19-5-3-4-6-20(19)24(23(22)27)10-12-26(13-11-24)16-17-7-8-21-18(15-17)9-14-28-21;2*3-2(4,5)1(6)7/h3-9,14-15,22-23,27H,10-13,16H2,1-2H3;2*(H,6,7)/t22-,23+;;/m1../s1. The second-order valence-corrected chi connectivity index (χ2v) is 10.3. The molecule has 1 aliphatic heterocycles. The Labute approximate surface area is 236 Å². The molecule has 1 saturated heterocycles. The first kappa shape index (κ1) is 32.9. The fraction of sp³-hybridized carbons (Fsp3) is 0.429. The Balaban J connectivity index is 0.000000289. The summed E-state index contributed by atoms with van der Waals surface area (Å²) in [7, 11) is 4.15. The molecule has 0 bridgehead atoms. The molecule has 0 saturated carbocycles. The lowest BCUT2D eigenvalue weighted by Crippen LogP contribution is -2.49. The summed E-state index contributed by atoms with van der Waals surface area (Å²) in [6, 6.07) is 17.2. The minimum absolute atomic E-state index is 0.0891. The quantitative estimate of drug-likeness (QED) is 0.349.